The van der Waals surface area contributed by atoms with Crippen LogP contribution in [0.25, 0.3) is 11.0 Å². The molecule has 0 unspecified atom stereocenters. The number of nitrogens with zero attached hydrogens (tertiary/aromatic N) is 5. The number of anilines is 2. The third-order valence-electron chi connectivity index (χ3n) is 3.60. The average Bonchev–Trinajstić information content (AvgIpc) is 2.94. The van der Waals surface area contributed by atoms with Gasteiger partial charge in [-0.2, -0.15) is 5.10 Å². The fourth-order valence-corrected chi connectivity index (χ4v) is 2.45. The summed E-state index contributed by atoms with van der Waals surface area (Å²) in [5, 5.41) is 7.87. The maximum Gasteiger partial charge on any atom is 0.161 e. The van der Waals surface area contributed by atoms with Gasteiger partial charge in [0, 0.05) is 24.3 Å². The van der Waals surface area contributed by atoms with Gasteiger partial charge >= 0.3 is 0 Å². The molecule has 3 aromatic rings. The van der Waals surface area contributed by atoms with Crippen LogP contribution in [0.4, 0.5) is 11.6 Å². The Morgan fingerprint density at radius 2 is 2.00 bits per heavy atom. The molecule has 3 rings (SSSR count). The molecule has 3 N–H and O–H groups in total. The number of nitrogens with one attached hydrogen (secondary N) is 1. The Kier molecular flexibility index (Phi) is 3.62. The lowest BCUT2D eigenvalue weighted by atomic mass is 10.2. The molecule has 3 heterocycles. The van der Waals surface area contributed by atoms with E-state index in [9.17, 15) is 0 Å². The van der Waals surface area contributed by atoms with E-state index in [0.717, 1.165) is 34.7 Å². The van der Waals surface area contributed by atoms with Gasteiger partial charge in [-0.1, -0.05) is 6.07 Å². The van der Waals surface area contributed by atoms with Crippen LogP contribution in [0.15, 0.2) is 18.3 Å². The lowest BCUT2D eigenvalue weighted by Gasteiger charge is -2.23. The molecule has 0 radical (unpaired) electrons. The van der Waals surface area contributed by atoms with Gasteiger partial charge in [0.05, 0.1) is 11.6 Å². The number of hydrogen-bond acceptors (Lipinski definition) is 6. The molecule has 0 saturated carbocycles. The third kappa shape index (κ3) is 2.57. The molecule has 0 aromatic carbocycles. The minimum absolute atomic E-state index is 0.563. The predicted molar refractivity (Wildman–Crippen MR) is 86.5 cm³/mol. The molecule has 0 aliphatic rings. The standard InChI is InChI=1S/C15H19N7/c1-4-22(8-11-6-5-9(2)18-13(11)16)15-12-7-17-21-14(12)19-10(3)20-15/h5-7H,4,8H2,1-3H3,(H2,16,18)(H,17,19,20,21). The number of hydrogen-bond donors (Lipinski definition) is 2. The first-order valence-corrected chi connectivity index (χ1v) is 7.23. The first kappa shape index (κ1) is 14.2. The van der Waals surface area contributed by atoms with Crippen LogP contribution in [0.1, 0.15) is 24.0 Å². The monoisotopic (exact) mass is 297 g/mol. The van der Waals surface area contributed by atoms with Crippen LogP contribution >= 0.6 is 0 Å². The van der Waals surface area contributed by atoms with E-state index in [4.69, 9.17) is 5.73 Å². The van der Waals surface area contributed by atoms with E-state index in [-0.39, 0.29) is 0 Å². The number of H-pyrrole nitrogens is 1. The fraction of sp³-hybridized carbons (Fsp3) is 0.333. The van der Waals surface area contributed by atoms with Gasteiger partial charge in [0.2, 0.25) is 0 Å². The molecular weight excluding hydrogens is 278 g/mol. The summed E-state index contributed by atoms with van der Waals surface area (Å²) in [5.41, 5.74) is 8.68. The van der Waals surface area contributed by atoms with Crippen LogP contribution < -0.4 is 10.6 Å². The van der Waals surface area contributed by atoms with Crippen LogP contribution in [-0.2, 0) is 6.54 Å². The summed E-state index contributed by atoms with van der Waals surface area (Å²) in [7, 11) is 0. The lowest BCUT2D eigenvalue weighted by molar-refractivity contribution is 0.810. The van der Waals surface area contributed by atoms with E-state index in [1.807, 2.05) is 26.0 Å². The van der Waals surface area contributed by atoms with Gasteiger partial charge in [-0.3, -0.25) is 5.10 Å². The summed E-state index contributed by atoms with van der Waals surface area (Å²) >= 11 is 0. The molecule has 0 aliphatic carbocycles. The van der Waals surface area contributed by atoms with Gasteiger partial charge in [-0.25, -0.2) is 15.0 Å². The van der Waals surface area contributed by atoms with Crippen LogP contribution in [0, 0.1) is 13.8 Å². The van der Waals surface area contributed by atoms with Crippen LogP contribution in [-0.4, -0.2) is 31.7 Å². The minimum Gasteiger partial charge on any atom is -0.383 e. The van der Waals surface area contributed by atoms with Crippen molar-refractivity contribution in [2.24, 2.45) is 0 Å². The Bertz CT molecular complexity index is 809. The molecule has 0 fully saturated rings. The smallest absolute Gasteiger partial charge is 0.161 e. The highest BCUT2D eigenvalue weighted by atomic mass is 15.2. The van der Waals surface area contributed by atoms with Crippen molar-refractivity contribution < 1.29 is 0 Å². The summed E-state index contributed by atoms with van der Waals surface area (Å²) in [4.78, 5) is 15.4. The van der Waals surface area contributed by atoms with Crippen molar-refractivity contribution in [1.29, 1.82) is 0 Å². The Morgan fingerprint density at radius 3 is 2.73 bits per heavy atom. The molecule has 22 heavy (non-hydrogen) atoms. The van der Waals surface area contributed by atoms with Gasteiger partial charge in [0.25, 0.3) is 0 Å². The minimum atomic E-state index is 0.563. The average molecular weight is 297 g/mol. The second kappa shape index (κ2) is 5.59. The number of rotatable bonds is 4. The molecule has 0 bridgehead atoms. The zero-order valence-corrected chi connectivity index (χ0v) is 13.0. The third-order valence-corrected chi connectivity index (χ3v) is 3.60. The number of aryl methyl sites for hydroxylation is 2. The zero-order chi connectivity index (χ0) is 15.7. The van der Waals surface area contributed by atoms with Crippen LogP contribution in [0.3, 0.4) is 0 Å². The Labute approximate surface area is 128 Å². The predicted octanol–water partition coefficient (Wildman–Crippen LogP) is 1.97. The van der Waals surface area contributed by atoms with Crippen molar-refractivity contribution in [2.75, 3.05) is 17.2 Å². The summed E-state index contributed by atoms with van der Waals surface area (Å²) in [6.07, 6.45) is 1.75. The van der Waals surface area contributed by atoms with Gasteiger partial charge in [0.1, 0.15) is 17.5 Å². The summed E-state index contributed by atoms with van der Waals surface area (Å²) in [6, 6.07) is 3.99. The summed E-state index contributed by atoms with van der Waals surface area (Å²) in [5.74, 6) is 2.13. The van der Waals surface area contributed by atoms with Crippen LogP contribution in [0.5, 0.6) is 0 Å². The Balaban J connectivity index is 2.01. The highest BCUT2D eigenvalue weighted by Crippen LogP contribution is 2.24. The molecule has 0 saturated heterocycles. The van der Waals surface area contributed by atoms with E-state index >= 15 is 0 Å². The molecule has 7 nitrogen and oxygen atoms in total. The Hall–Kier alpha value is -2.70. The largest absolute Gasteiger partial charge is 0.383 e. The molecule has 0 amide bonds. The van der Waals surface area contributed by atoms with E-state index in [1.165, 1.54) is 0 Å². The SMILES string of the molecule is CCN(Cc1ccc(C)nc1N)c1nc(C)nc2[nH]ncc12. The number of fused-ring (bicyclic) bond motifs is 1. The van der Waals surface area contributed by atoms with E-state index in [1.54, 1.807) is 6.20 Å². The van der Waals surface area contributed by atoms with Crippen molar-refractivity contribution in [1.82, 2.24) is 25.1 Å². The molecular formula is C15H19N7. The molecule has 7 heteroatoms. The second-order valence-corrected chi connectivity index (χ2v) is 5.24. The van der Waals surface area contributed by atoms with Gasteiger partial charge in [-0.15, -0.1) is 0 Å². The van der Waals surface area contributed by atoms with Gasteiger partial charge in [0.15, 0.2) is 5.65 Å². The van der Waals surface area contributed by atoms with Crippen molar-refractivity contribution in [3.8, 4) is 0 Å². The number of aromatic nitrogens is 5. The number of aromatic amines is 1. The first-order valence-electron chi connectivity index (χ1n) is 7.23. The van der Waals surface area contributed by atoms with Gasteiger partial charge < -0.3 is 10.6 Å². The molecule has 0 aliphatic heterocycles. The van der Waals surface area contributed by atoms with Crippen LogP contribution in [0.2, 0.25) is 0 Å². The van der Waals surface area contributed by atoms with Gasteiger partial charge in [-0.05, 0) is 26.8 Å². The van der Waals surface area contributed by atoms with Crippen molar-refractivity contribution in [3.05, 3.63) is 35.4 Å². The molecule has 0 spiro atoms. The Morgan fingerprint density at radius 1 is 1.18 bits per heavy atom. The topological polar surface area (TPSA) is 96.6 Å². The summed E-state index contributed by atoms with van der Waals surface area (Å²) in [6.45, 7) is 7.33. The molecule has 3 aromatic heterocycles. The number of nitrogens with two attached hydrogens (primary N) is 1. The number of pyridine rings is 1. The highest BCUT2D eigenvalue weighted by Gasteiger charge is 2.15. The quantitative estimate of drug-likeness (QED) is 0.764. The van der Waals surface area contributed by atoms with E-state index in [2.05, 4.69) is 37.0 Å². The zero-order valence-electron chi connectivity index (χ0n) is 13.0. The maximum atomic E-state index is 6.04. The van der Waals surface area contributed by atoms with E-state index < -0.39 is 0 Å². The maximum absolute atomic E-state index is 6.04. The summed E-state index contributed by atoms with van der Waals surface area (Å²) < 4.78 is 0. The normalized spacial score (nSPS) is 11.0. The number of nitrogen functional groups attached to an aromatic ring is 1. The molecule has 0 atom stereocenters. The van der Waals surface area contributed by atoms with Crippen molar-refractivity contribution in [2.45, 2.75) is 27.3 Å². The van der Waals surface area contributed by atoms with E-state index in [0.29, 0.717) is 18.2 Å². The molecule has 114 valence electrons. The first-order chi connectivity index (χ1) is 10.6. The van der Waals surface area contributed by atoms with Crippen molar-refractivity contribution >= 4 is 22.7 Å². The lowest BCUT2D eigenvalue weighted by Crippen LogP contribution is -2.24. The van der Waals surface area contributed by atoms with Crippen molar-refractivity contribution in [3.63, 3.8) is 0 Å². The fourth-order valence-electron chi connectivity index (χ4n) is 2.45. The second-order valence-electron chi connectivity index (χ2n) is 5.24. The highest BCUT2D eigenvalue weighted by molar-refractivity contribution is 5.86.